The lowest BCUT2D eigenvalue weighted by Crippen LogP contribution is -2.42. The van der Waals surface area contributed by atoms with Crippen molar-refractivity contribution in [3.05, 3.63) is 0 Å². The second-order valence-electron chi connectivity index (χ2n) is 6.08. The predicted octanol–water partition coefficient (Wildman–Crippen LogP) is 1.68. The molecule has 4 heteroatoms. The molecule has 2 unspecified atom stereocenters. The van der Waals surface area contributed by atoms with Crippen molar-refractivity contribution in [1.82, 2.24) is 15.1 Å². The molecule has 0 radical (unpaired) electrons. The zero-order chi connectivity index (χ0) is 14.3. The Bertz CT molecular complexity index is 299. The zero-order valence-electron chi connectivity index (χ0n) is 13.1. The second-order valence-corrected chi connectivity index (χ2v) is 6.08. The van der Waals surface area contributed by atoms with E-state index in [0.717, 1.165) is 32.5 Å². The lowest BCUT2D eigenvalue weighted by atomic mass is 9.97. The number of nitrogens with one attached hydrogen (secondary N) is 1. The van der Waals surface area contributed by atoms with Crippen LogP contribution in [0.4, 0.5) is 0 Å². The molecular formula is C15H30N4. The van der Waals surface area contributed by atoms with E-state index >= 15 is 0 Å². The average Bonchev–Trinajstić information content (AvgIpc) is 2.51. The Kier molecular flexibility index (Phi) is 6.78. The summed E-state index contributed by atoms with van der Waals surface area (Å²) in [5.74, 6) is 0. The van der Waals surface area contributed by atoms with Gasteiger partial charge in [0.1, 0.15) is 5.54 Å². The van der Waals surface area contributed by atoms with Crippen LogP contribution in [0.3, 0.4) is 0 Å². The lowest BCUT2D eigenvalue weighted by molar-refractivity contribution is 0.194. The van der Waals surface area contributed by atoms with Crippen molar-refractivity contribution in [3.8, 4) is 6.07 Å². The van der Waals surface area contributed by atoms with Gasteiger partial charge in [-0.25, -0.2) is 0 Å². The van der Waals surface area contributed by atoms with Crippen LogP contribution < -0.4 is 5.32 Å². The smallest absolute Gasteiger partial charge is 0.103 e. The van der Waals surface area contributed by atoms with Crippen LogP contribution in [0.15, 0.2) is 0 Å². The quantitative estimate of drug-likeness (QED) is 0.794. The Labute approximate surface area is 118 Å². The first-order valence-electron chi connectivity index (χ1n) is 7.59. The number of nitrogens with zero attached hydrogens (tertiary/aromatic N) is 3. The van der Waals surface area contributed by atoms with Crippen molar-refractivity contribution in [3.63, 3.8) is 0 Å². The van der Waals surface area contributed by atoms with E-state index in [1.165, 1.54) is 19.5 Å². The molecule has 0 saturated carbocycles. The van der Waals surface area contributed by atoms with Gasteiger partial charge < -0.3 is 4.90 Å². The maximum absolute atomic E-state index is 9.25. The van der Waals surface area contributed by atoms with E-state index in [-0.39, 0.29) is 5.54 Å². The largest absolute Gasteiger partial charge is 0.305 e. The van der Waals surface area contributed by atoms with Gasteiger partial charge in [-0.1, -0.05) is 6.92 Å². The van der Waals surface area contributed by atoms with Crippen LogP contribution >= 0.6 is 0 Å². The monoisotopic (exact) mass is 266 g/mol. The zero-order valence-corrected chi connectivity index (χ0v) is 13.1. The fraction of sp³-hybridized carbons (Fsp3) is 0.933. The highest BCUT2D eigenvalue weighted by Gasteiger charge is 2.23. The molecule has 1 saturated heterocycles. The van der Waals surface area contributed by atoms with Gasteiger partial charge in [-0.2, -0.15) is 5.26 Å². The summed E-state index contributed by atoms with van der Waals surface area (Å²) in [5.41, 5.74) is -0.360. The summed E-state index contributed by atoms with van der Waals surface area (Å²) in [7, 11) is 2.21. The molecule has 0 spiro atoms. The van der Waals surface area contributed by atoms with Crippen molar-refractivity contribution in [2.24, 2.45) is 0 Å². The average molecular weight is 266 g/mol. The Morgan fingerprint density at radius 1 is 1.42 bits per heavy atom. The third-order valence-corrected chi connectivity index (χ3v) is 4.12. The maximum Gasteiger partial charge on any atom is 0.103 e. The van der Waals surface area contributed by atoms with E-state index in [1.807, 2.05) is 6.92 Å². The van der Waals surface area contributed by atoms with Crippen LogP contribution in [-0.2, 0) is 0 Å². The normalized spacial score (nSPS) is 25.5. The Morgan fingerprint density at radius 3 is 2.79 bits per heavy atom. The van der Waals surface area contributed by atoms with E-state index < -0.39 is 0 Å². The van der Waals surface area contributed by atoms with Gasteiger partial charge >= 0.3 is 0 Å². The molecule has 0 aromatic rings. The SMILES string of the molecule is CCNC(C)(C#N)CCCN1CCCN(C)CC1C. The third-order valence-electron chi connectivity index (χ3n) is 4.12. The lowest BCUT2D eigenvalue weighted by Gasteiger charge is -2.29. The third kappa shape index (κ3) is 5.48. The van der Waals surface area contributed by atoms with Crippen LogP contribution in [0.5, 0.6) is 0 Å². The first-order chi connectivity index (χ1) is 9.00. The first-order valence-corrected chi connectivity index (χ1v) is 7.59. The molecule has 4 nitrogen and oxygen atoms in total. The summed E-state index contributed by atoms with van der Waals surface area (Å²) in [5, 5.41) is 12.5. The fourth-order valence-corrected chi connectivity index (χ4v) is 2.96. The van der Waals surface area contributed by atoms with Crippen molar-refractivity contribution in [2.45, 2.75) is 51.6 Å². The molecule has 0 amide bonds. The van der Waals surface area contributed by atoms with Crippen molar-refractivity contribution in [2.75, 3.05) is 39.8 Å². The number of hydrogen-bond donors (Lipinski definition) is 1. The maximum atomic E-state index is 9.25. The highest BCUT2D eigenvalue weighted by atomic mass is 15.2. The Balaban J connectivity index is 2.37. The molecule has 1 heterocycles. The highest BCUT2D eigenvalue weighted by molar-refractivity contribution is 5.03. The van der Waals surface area contributed by atoms with Gasteiger partial charge in [-0.3, -0.25) is 10.2 Å². The summed E-state index contributed by atoms with van der Waals surface area (Å²) in [6.45, 7) is 11.9. The van der Waals surface area contributed by atoms with E-state index in [0.29, 0.717) is 6.04 Å². The number of rotatable bonds is 6. The number of hydrogen-bond acceptors (Lipinski definition) is 4. The number of nitriles is 1. The van der Waals surface area contributed by atoms with Gasteiger partial charge in [0, 0.05) is 12.6 Å². The predicted molar refractivity (Wildman–Crippen MR) is 80.1 cm³/mol. The summed E-state index contributed by atoms with van der Waals surface area (Å²) in [6.07, 6.45) is 3.27. The van der Waals surface area contributed by atoms with Gasteiger partial charge in [0.25, 0.3) is 0 Å². The molecule has 2 atom stereocenters. The Hall–Kier alpha value is -0.630. The van der Waals surface area contributed by atoms with Gasteiger partial charge in [0.15, 0.2) is 0 Å². The summed E-state index contributed by atoms with van der Waals surface area (Å²) >= 11 is 0. The van der Waals surface area contributed by atoms with Crippen LogP contribution in [0.25, 0.3) is 0 Å². The minimum Gasteiger partial charge on any atom is -0.305 e. The van der Waals surface area contributed by atoms with E-state index in [2.05, 4.69) is 42.1 Å². The Morgan fingerprint density at radius 2 is 2.16 bits per heavy atom. The van der Waals surface area contributed by atoms with Crippen LogP contribution in [-0.4, -0.2) is 61.2 Å². The standard InChI is InChI=1S/C15H30N4/c1-5-17-15(3,13-16)8-6-10-19-11-7-9-18(4)12-14(19)2/h14,17H,5-12H2,1-4H3. The molecule has 0 bridgehead atoms. The molecule has 19 heavy (non-hydrogen) atoms. The first kappa shape index (κ1) is 16.4. The van der Waals surface area contributed by atoms with Gasteiger partial charge in [0.2, 0.25) is 0 Å². The highest BCUT2D eigenvalue weighted by Crippen LogP contribution is 2.14. The van der Waals surface area contributed by atoms with E-state index in [4.69, 9.17) is 0 Å². The molecule has 110 valence electrons. The van der Waals surface area contributed by atoms with E-state index in [1.54, 1.807) is 0 Å². The fourth-order valence-electron chi connectivity index (χ4n) is 2.96. The molecule has 1 aliphatic rings. The van der Waals surface area contributed by atoms with E-state index in [9.17, 15) is 5.26 Å². The molecule has 1 rings (SSSR count). The molecular weight excluding hydrogens is 236 g/mol. The second kappa shape index (κ2) is 7.84. The van der Waals surface area contributed by atoms with Gasteiger partial charge in [0.05, 0.1) is 6.07 Å². The molecule has 1 N–H and O–H groups in total. The minimum atomic E-state index is -0.360. The molecule has 1 aliphatic heterocycles. The van der Waals surface area contributed by atoms with Gasteiger partial charge in [-0.05, 0) is 66.3 Å². The van der Waals surface area contributed by atoms with Gasteiger partial charge in [-0.15, -0.1) is 0 Å². The molecule has 0 aromatic carbocycles. The summed E-state index contributed by atoms with van der Waals surface area (Å²) in [6, 6.07) is 3.03. The topological polar surface area (TPSA) is 42.3 Å². The summed E-state index contributed by atoms with van der Waals surface area (Å²) in [4.78, 5) is 5.00. The molecule has 1 fully saturated rings. The van der Waals surface area contributed by atoms with Crippen LogP contribution in [0.1, 0.15) is 40.0 Å². The molecule has 0 aromatic heterocycles. The van der Waals surface area contributed by atoms with Crippen molar-refractivity contribution < 1.29 is 0 Å². The van der Waals surface area contributed by atoms with Crippen LogP contribution in [0, 0.1) is 11.3 Å². The number of likely N-dealkylation sites (N-methyl/N-ethyl adjacent to an activating group) is 1. The minimum absolute atomic E-state index is 0.360. The van der Waals surface area contributed by atoms with Crippen molar-refractivity contribution in [1.29, 1.82) is 5.26 Å². The van der Waals surface area contributed by atoms with Crippen LogP contribution in [0.2, 0.25) is 0 Å². The molecule has 0 aliphatic carbocycles. The van der Waals surface area contributed by atoms with Crippen molar-refractivity contribution >= 4 is 0 Å². The summed E-state index contributed by atoms with van der Waals surface area (Å²) < 4.78 is 0.